The largest absolute Gasteiger partial charge is 0.416 e. The summed E-state index contributed by atoms with van der Waals surface area (Å²) >= 11 is 0. The topological polar surface area (TPSA) is 59.0 Å². The quantitative estimate of drug-likeness (QED) is 0.633. The van der Waals surface area contributed by atoms with E-state index in [1.807, 2.05) is 12.1 Å². The van der Waals surface area contributed by atoms with Crippen molar-refractivity contribution in [3.63, 3.8) is 0 Å². The number of hydrogen-bond acceptors (Lipinski definition) is 2. The Morgan fingerprint density at radius 2 is 1.93 bits per heavy atom. The molecule has 2 N–H and O–H groups in total. The SMILES string of the molecule is CCCn1cc(CCNC(=O)Nc2ccc(C(F)(F)F)cc2)c2cccnc21. The van der Waals surface area contributed by atoms with Crippen LogP contribution in [0.3, 0.4) is 0 Å². The highest BCUT2D eigenvalue weighted by Crippen LogP contribution is 2.29. The number of fused-ring (bicyclic) bond motifs is 1. The number of urea groups is 1. The van der Waals surface area contributed by atoms with E-state index in [1.54, 1.807) is 6.20 Å². The molecule has 1 aromatic carbocycles. The van der Waals surface area contributed by atoms with E-state index >= 15 is 0 Å². The number of carbonyl (C=O) groups excluding carboxylic acids is 1. The van der Waals surface area contributed by atoms with Crippen LogP contribution in [0.5, 0.6) is 0 Å². The summed E-state index contributed by atoms with van der Waals surface area (Å²) in [5.74, 6) is 0. The van der Waals surface area contributed by atoms with E-state index in [-0.39, 0.29) is 0 Å². The van der Waals surface area contributed by atoms with Crippen molar-refractivity contribution in [2.75, 3.05) is 11.9 Å². The average molecular weight is 390 g/mol. The highest BCUT2D eigenvalue weighted by Gasteiger charge is 2.29. The Balaban J connectivity index is 1.56. The molecule has 0 saturated heterocycles. The van der Waals surface area contributed by atoms with Crippen molar-refractivity contribution in [2.45, 2.75) is 32.5 Å². The number of anilines is 1. The lowest BCUT2D eigenvalue weighted by Crippen LogP contribution is -2.30. The molecule has 2 aromatic heterocycles. The number of rotatable bonds is 6. The standard InChI is InChI=1S/C20H21F3N4O/c1-2-12-27-13-14(17-4-3-10-24-18(17)27)9-11-25-19(28)26-16-7-5-15(6-8-16)20(21,22)23/h3-8,10,13H,2,9,11-12H2,1H3,(H2,25,26,28). The van der Waals surface area contributed by atoms with Gasteiger partial charge in [0.2, 0.25) is 0 Å². The molecule has 0 atom stereocenters. The molecule has 0 aliphatic carbocycles. The van der Waals surface area contributed by atoms with E-state index in [9.17, 15) is 18.0 Å². The molecule has 0 saturated carbocycles. The Hall–Kier alpha value is -3.03. The molecule has 3 aromatic rings. The number of benzene rings is 1. The maximum Gasteiger partial charge on any atom is 0.416 e. The highest BCUT2D eigenvalue weighted by atomic mass is 19.4. The van der Waals surface area contributed by atoms with E-state index in [2.05, 4.69) is 33.3 Å². The van der Waals surface area contributed by atoms with Crippen LogP contribution in [0.4, 0.5) is 23.7 Å². The molecule has 0 aliphatic heterocycles. The molecule has 0 fully saturated rings. The lowest BCUT2D eigenvalue weighted by atomic mass is 10.1. The first-order chi connectivity index (χ1) is 13.4. The van der Waals surface area contributed by atoms with Gasteiger partial charge in [0.25, 0.3) is 0 Å². The first-order valence-corrected chi connectivity index (χ1v) is 9.03. The Labute approximate surface area is 160 Å². The van der Waals surface area contributed by atoms with E-state index in [4.69, 9.17) is 0 Å². The van der Waals surface area contributed by atoms with Gasteiger partial charge >= 0.3 is 12.2 Å². The minimum absolute atomic E-state index is 0.300. The van der Waals surface area contributed by atoms with Crippen molar-refractivity contribution in [1.82, 2.24) is 14.9 Å². The molecule has 2 amide bonds. The van der Waals surface area contributed by atoms with Gasteiger partial charge in [0.15, 0.2) is 0 Å². The number of pyridine rings is 1. The zero-order valence-corrected chi connectivity index (χ0v) is 15.4. The fourth-order valence-electron chi connectivity index (χ4n) is 3.03. The molecule has 5 nitrogen and oxygen atoms in total. The Morgan fingerprint density at radius 3 is 2.61 bits per heavy atom. The van der Waals surface area contributed by atoms with Crippen LogP contribution in [-0.2, 0) is 19.1 Å². The van der Waals surface area contributed by atoms with Gasteiger partial charge in [-0.25, -0.2) is 9.78 Å². The molecular weight excluding hydrogens is 369 g/mol. The fourth-order valence-corrected chi connectivity index (χ4v) is 3.03. The number of nitrogens with one attached hydrogen (secondary N) is 2. The van der Waals surface area contributed by atoms with E-state index < -0.39 is 17.8 Å². The third-order valence-electron chi connectivity index (χ3n) is 4.33. The smallest absolute Gasteiger partial charge is 0.338 e. The number of nitrogens with zero attached hydrogens (tertiary/aromatic N) is 2. The van der Waals surface area contributed by atoms with Gasteiger partial charge in [0.05, 0.1) is 5.56 Å². The van der Waals surface area contributed by atoms with Crippen LogP contribution in [0.1, 0.15) is 24.5 Å². The molecule has 0 unspecified atom stereocenters. The number of alkyl halides is 3. The zero-order valence-electron chi connectivity index (χ0n) is 15.4. The molecule has 8 heteroatoms. The third-order valence-corrected chi connectivity index (χ3v) is 4.33. The lowest BCUT2D eigenvalue weighted by Gasteiger charge is -2.09. The van der Waals surface area contributed by atoms with Gasteiger partial charge in [0, 0.05) is 36.6 Å². The highest BCUT2D eigenvalue weighted by molar-refractivity contribution is 5.89. The average Bonchev–Trinajstić information content (AvgIpc) is 3.00. The predicted molar refractivity (Wildman–Crippen MR) is 102 cm³/mol. The summed E-state index contributed by atoms with van der Waals surface area (Å²) in [5.41, 5.74) is 1.56. The van der Waals surface area contributed by atoms with E-state index in [0.29, 0.717) is 18.7 Å². The van der Waals surface area contributed by atoms with Gasteiger partial charge in [-0.2, -0.15) is 13.2 Å². The lowest BCUT2D eigenvalue weighted by molar-refractivity contribution is -0.137. The van der Waals surface area contributed by atoms with Crippen LogP contribution in [0.2, 0.25) is 0 Å². The van der Waals surface area contributed by atoms with Gasteiger partial charge in [0.1, 0.15) is 5.65 Å². The molecule has 0 spiro atoms. The Morgan fingerprint density at radius 1 is 1.18 bits per heavy atom. The summed E-state index contributed by atoms with van der Waals surface area (Å²) < 4.78 is 39.8. The van der Waals surface area contributed by atoms with Crippen LogP contribution in [0.15, 0.2) is 48.8 Å². The van der Waals surface area contributed by atoms with E-state index in [1.165, 1.54) is 12.1 Å². The Kier molecular flexibility index (Phi) is 5.87. The predicted octanol–water partition coefficient (Wildman–Crippen LogP) is 4.83. The summed E-state index contributed by atoms with van der Waals surface area (Å²) in [7, 11) is 0. The number of halogens is 3. The second-order valence-electron chi connectivity index (χ2n) is 6.43. The van der Waals surface area contributed by atoms with Crippen molar-refractivity contribution in [1.29, 1.82) is 0 Å². The maximum absolute atomic E-state index is 12.6. The number of amides is 2. The molecule has 0 aliphatic rings. The first kappa shape index (κ1) is 19.7. The van der Waals surface area contributed by atoms with Gasteiger partial charge in [-0.1, -0.05) is 6.92 Å². The summed E-state index contributed by atoms with van der Waals surface area (Å²) in [6.07, 6.45) is 1.03. The number of aromatic nitrogens is 2. The zero-order chi connectivity index (χ0) is 20.1. The summed E-state index contributed by atoms with van der Waals surface area (Å²) in [6, 6.07) is 7.75. The van der Waals surface area contributed by atoms with Crippen LogP contribution in [0, 0.1) is 0 Å². The molecule has 28 heavy (non-hydrogen) atoms. The second-order valence-corrected chi connectivity index (χ2v) is 6.43. The number of hydrogen-bond donors (Lipinski definition) is 2. The molecule has 0 radical (unpaired) electrons. The molecule has 0 bridgehead atoms. The Bertz CT molecular complexity index is 948. The van der Waals surface area contributed by atoms with Crippen LogP contribution in [-0.4, -0.2) is 22.1 Å². The minimum Gasteiger partial charge on any atom is -0.338 e. The van der Waals surface area contributed by atoms with Crippen LogP contribution in [0.25, 0.3) is 11.0 Å². The van der Waals surface area contributed by atoms with Crippen molar-refractivity contribution in [3.8, 4) is 0 Å². The maximum atomic E-state index is 12.6. The van der Waals surface area contributed by atoms with Crippen molar-refractivity contribution >= 4 is 22.8 Å². The molecular formula is C20H21F3N4O. The van der Waals surface area contributed by atoms with Gasteiger partial charge in [-0.15, -0.1) is 0 Å². The van der Waals surface area contributed by atoms with E-state index in [0.717, 1.165) is 41.7 Å². The molecule has 2 heterocycles. The minimum atomic E-state index is -4.40. The van der Waals surface area contributed by atoms with Crippen molar-refractivity contribution < 1.29 is 18.0 Å². The van der Waals surface area contributed by atoms with Crippen LogP contribution < -0.4 is 10.6 Å². The van der Waals surface area contributed by atoms with Crippen molar-refractivity contribution in [2.24, 2.45) is 0 Å². The fraction of sp³-hybridized carbons (Fsp3) is 0.300. The second kappa shape index (κ2) is 8.33. The van der Waals surface area contributed by atoms with Gasteiger partial charge in [-0.05, 0) is 54.8 Å². The number of aryl methyl sites for hydroxylation is 1. The summed E-state index contributed by atoms with van der Waals surface area (Å²) in [6.45, 7) is 3.36. The van der Waals surface area contributed by atoms with Gasteiger partial charge in [-0.3, -0.25) is 0 Å². The normalized spacial score (nSPS) is 11.6. The molecule has 3 rings (SSSR count). The third kappa shape index (κ3) is 4.62. The van der Waals surface area contributed by atoms with Crippen LogP contribution >= 0.6 is 0 Å². The number of carbonyl (C=O) groups is 1. The van der Waals surface area contributed by atoms with Crippen molar-refractivity contribution in [3.05, 3.63) is 59.9 Å². The summed E-state index contributed by atoms with van der Waals surface area (Å²) in [5, 5.41) is 6.32. The first-order valence-electron chi connectivity index (χ1n) is 9.03. The monoisotopic (exact) mass is 390 g/mol. The summed E-state index contributed by atoms with van der Waals surface area (Å²) in [4.78, 5) is 16.4. The van der Waals surface area contributed by atoms with Gasteiger partial charge < -0.3 is 15.2 Å². The molecule has 148 valence electrons.